The minimum Gasteiger partial charge on any atom is -0.365 e. The molecule has 2 N–H and O–H groups in total. The van der Waals surface area contributed by atoms with Crippen LogP contribution in [0.4, 0.5) is 0 Å². The Bertz CT molecular complexity index is 344. The van der Waals surface area contributed by atoms with Crippen LogP contribution in [0, 0.1) is 4.91 Å². The molecule has 0 unspecified atom stereocenters. The quantitative estimate of drug-likeness (QED) is 0.165. The van der Waals surface area contributed by atoms with Crippen molar-refractivity contribution in [2.75, 3.05) is 0 Å². The maximum Gasteiger partial charge on any atom is 0.265 e. The zero-order chi connectivity index (χ0) is 17.9. The molecule has 5 heteroatoms. The van der Waals surface area contributed by atoms with Crippen LogP contribution in [-0.2, 0) is 4.79 Å². The van der Waals surface area contributed by atoms with Crippen molar-refractivity contribution in [2.45, 2.75) is 110 Å². The average molecular weight is 340 g/mol. The summed E-state index contributed by atoms with van der Waals surface area (Å²) in [6, 6.07) is 0. The fourth-order valence-electron chi connectivity index (χ4n) is 2.85. The summed E-state index contributed by atoms with van der Waals surface area (Å²) in [7, 11) is 0. The molecule has 5 nitrogen and oxygen atoms in total. The van der Waals surface area contributed by atoms with E-state index < -0.39 is 5.96 Å². The summed E-state index contributed by atoms with van der Waals surface area (Å²) in [5.41, 5.74) is 5.08. The first kappa shape index (κ1) is 22.7. The minimum atomic E-state index is -0.471. The number of guanidine groups is 1. The number of hydrogen-bond acceptors (Lipinski definition) is 2. The molecule has 0 bridgehead atoms. The Hall–Kier alpha value is -1.26. The fourth-order valence-corrected chi connectivity index (χ4v) is 2.85. The first-order chi connectivity index (χ1) is 11.7. The fraction of sp³-hybridized carbons (Fsp3) is 0.895. The van der Waals surface area contributed by atoms with Crippen molar-refractivity contribution >= 4 is 11.9 Å². The molecule has 0 radical (unpaired) electrons. The van der Waals surface area contributed by atoms with Crippen LogP contribution in [-0.4, -0.2) is 11.9 Å². The molecule has 140 valence electrons. The summed E-state index contributed by atoms with van der Waals surface area (Å²) in [4.78, 5) is 24.7. The molecule has 0 fully saturated rings. The summed E-state index contributed by atoms with van der Waals surface area (Å²) < 4.78 is 0. The summed E-state index contributed by atoms with van der Waals surface area (Å²) >= 11 is 0. The molecule has 0 aliphatic heterocycles. The van der Waals surface area contributed by atoms with Gasteiger partial charge in [0.2, 0.25) is 5.91 Å². The topological polar surface area (TPSA) is 84.9 Å². The Kier molecular flexibility index (Phi) is 17.1. The first-order valence-corrected chi connectivity index (χ1v) is 9.91. The maximum atomic E-state index is 11.3. The lowest BCUT2D eigenvalue weighted by Gasteiger charge is -2.03. The smallest absolute Gasteiger partial charge is 0.265 e. The lowest BCUT2D eigenvalue weighted by atomic mass is 10.0. The second-order valence-corrected chi connectivity index (χ2v) is 6.65. The number of nitrogens with zero attached hydrogens (tertiary/aromatic N) is 2. The summed E-state index contributed by atoms with van der Waals surface area (Å²) in [6.45, 7) is 2.26. The molecule has 24 heavy (non-hydrogen) atoms. The number of hydrogen-bond donors (Lipinski definition) is 1. The predicted molar refractivity (Wildman–Crippen MR) is 102 cm³/mol. The van der Waals surface area contributed by atoms with Crippen LogP contribution < -0.4 is 5.73 Å². The molecule has 0 rings (SSSR count). The molecule has 0 atom stereocenters. The maximum absolute atomic E-state index is 11.3. The average Bonchev–Trinajstić information content (AvgIpc) is 2.58. The lowest BCUT2D eigenvalue weighted by molar-refractivity contribution is -0.117. The van der Waals surface area contributed by atoms with Gasteiger partial charge in [-0.15, -0.1) is 4.91 Å². The van der Waals surface area contributed by atoms with Gasteiger partial charge in [-0.25, -0.2) is 0 Å². The Labute approximate surface area is 147 Å². The highest BCUT2D eigenvalue weighted by molar-refractivity contribution is 5.92. The molecule has 0 aliphatic rings. The van der Waals surface area contributed by atoms with Crippen molar-refractivity contribution in [1.82, 2.24) is 0 Å². The van der Waals surface area contributed by atoms with Gasteiger partial charge in [-0.2, -0.15) is 4.99 Å². The van der Waals surface area contributed by atoms with E-state index in [1.807, 2.05) is 0 Å². The standard InChI is InChI=1S/C19H37N3O2/c1-2-3-4-5-6-7-8-9-10-11-12-13-14-15-16-17-18(23)21-19(20)22-24/h2-17H2,1H3,(H2,20,21,23). The number of aliphatic imine (C=N–C) groups is 1. The first-order valence-electron chi connectivity index (χ1n) is 9.91. The second-order valence-electron chi connectivity index (χ2n) is 6.65. The Morgan fingerprint density at radius 2 is 1.08 bits per heavy atom. The van der Waals surface area contributed by atoms with E-state index in [9.17, 15) is 9.70 Å². The van der Waals surface area contributed by atoms with Crippen molar-refractivity contribution in [2.24, 2.45) is 15.9 Å². The van der Waals surface area contributed by atoms with Crippen LogP contribution in [0.3, 0.4) is 0 Å². The van der Waals surface area contributed by atoms with Crippen LogP contribution in [0.25, 0.3) is 0 Å². The van der Waals surface area contributed by atoms with Gasteiger partial charge in [0.05, 0.1) is 0 Å². The molecular formula is C19H37N3O2. The van der Waals surface area contributed by atoms with E-state index in [1.54, 1.807) is 0 Å². The normalized spacial score (nSPS) is 11.6. The van der Waals surface area contributed by atoms with Gasteiger partial charge >= 0.3 is 0 Å². The molecular weight excluding hydrogens is 302 g/mol. The van der Waals surface area contributed by atoms with Crippen LogP contribution in [0.2, 0.25) is 0 Å². The molecule has 0 saturated heterocycles. The summed E-state index contributed by atoms with van der Waals surface area (Å²) in [5.74, 6) is -0.817. The molecule has 0 heterocycles. The van der Waals surface area contributed by atoms with Crippen molar-refractivity contribution in [3.63, 3.8) is 0 Å². The van der Waals surface area contributed by atoms with Crippen molar-refractivity contribution in [3.05, 3.63) is 4.91 Å². The summed E-state index contributed by atoms with van der Waals surface area (Å²) in [5, 5.41) is 2.41. The van der Waals surface area contributed by atoms with E-state index in [0.717, 1.165) is 19.3 Å². The highest BCUT2D eigenvalue weighted by atomic mass is 16.3. The van der Waals surface area contributed by atoms with Gasteiger partial charge in [-0.1, -0.05) is 96.8 Å². The lowest BCUT2D eigenvalue weighted by Crippen LogP contribution is -2.10. The SMILES string of the molecule is CCCCCCCCCCCCCCCCCC(=O)N=C(N)N=O. The molecule has 1 amide bonds. The van der Waals surface area contributed by atoms with Crippen molar-refractivity contribution in [3.8, 4) is 0 Å². The Morgan fingerprint density at radius 3 is 1.46 bits per heavy atom. The van der Waals surface area contributed by atoms with E-state index in [2.05, 4.69) is 17.1 Å². The number of carbonyl (C=O) groups is 1. The predicted octanol–water partition coefficient (Wildman–Crippen LogP) is 5.86. The third-order valence-electron chi connectivity index (χ3n) is 4.33. The van der Waals surface area contributed by atoms with Crippen LogP contribution >= 0.6 is 0 Å². The van der Waals surface area contributed by atoms with E-state index in [1.165, 1.54) is 77.0 Å². The van der Waals surface area contributed by atoms with E-state index in [-0.39, 0.29) is 5.91 Å². The molecule has 0 saturated carbocycles. The monoisotopic (exact) mass is 339 g/mol. The molecule has 0 aromatic heterocycles. The molecule has 0 aromatic rings. The minimum absolute atomic E-state index is 0.346. The van der Waals surface area contributed by atoms with Gasteiger partial charge in [-0.05, 0) is 6.42 Å². The highest BCUT2D eigenvalue weighted by Crippen LogP contribution is 2.13. The number of rotatable bonds is 16. The molecule has 0 aromatic carbocycles. The third-order valence-corrected chi connectivity index (χ3v) is 4.33. The van der Waals surface area contributed by atoms with Gasteiger partial charge in [0.25, 0.3) is 5.96 Å². The largest absolute Gasteiger partial charge is 0.365 e. The highest BCUT2D eigenvalue weighted by Gasteiger charge is 2.01. The zero-order valence-corrected chi connectivity index (χ0v) is 15.6. The van der Waals surface area contributed by atoms with E-state index >= 15 is 0 Å². The van der Waals surface area contributed by atoms with Gasteiger partial charge in [0.1, 0.15) is 0 Å². The number of unbranched alkanes of at least 4 members (excludes halogenated alkanes) is 14. The van der Waals surface area contributed by atoms with Crippen molar-refractivity contribution < 1.29 is 4.79 Å². The third kappa shape index (κ3) is 17.1. The number of amides is 1. The number of carbonyl (C=O) groups excluding carboxylic acids is 1. The molecule has 0 aliphatic carbocycles. The van der Waals surface area contributed by atoms with Crippen LogP contribution in [0.1, 0.15) is 110 Å². The zero-order valence-electron chi connectivity index (χ0n) is 15.6. The van der Waals surface area contributed by atoms with Crippen molar-refractivity contribution in [1.29, 1.82) is 0 Å². The van der Waals surface area contributed by atoms with Crippen LogP contribution in [0.15, 0.2) is 10.2 Å². The van der Waals surface area contributed by atoms with Gasteiger partial charge in [0, 0.05) is 11.6 Å². The van der Waals surface area contributed by atoms with Crippen LogP contribution in [0.5, 0.6) is 0 Å². The Balaban J connectivity index is 3.18. The van der Waals surface area contributed by atoms with E-state index in [0.29, 0.717) is 6.42 Å². The summed E-state index contributed by atoms with van der Waals surface area (Å²) in [6.07, 6.45) is 19.8. The van der Waals surface area contributed by atoms with E-state index in [4.69, 9.17) is 5.73 Å². The van der Waals surface area contributed by atoms with Gasteiger partial charge in [-0.3, -0.25) is 4.79 Å². The van der Waals surface area contributed by atoms with Gasteiger partial charge < -0.3 is 5.73 Å². The second kappa shape index (κ2) is 18.1. The van der Waals surface area contributed by atoms with Gasteiger partial charge in [0.15, 0.2) is 0 Å². The molecule has 0 spiro atoms. The number of nitrogens with two attached hydrogens (primary N) is 1. The Morgan fingerprint density at radius 1 is 0.708 bits per heavy atom. The number of nitroso groups, excluding NO2 is 1.